The Balaban J connectivity index is 1.97. The van der Waals surface area contributed by atoms with E-state index in [1.54, 1.807) is 14.1 Å². The summed E-state index contributed by atoms with van der Waals surface area (Å²) < 4.78 is 11.0. The Morgan fingerprint density at radius 2 is 2.30 bits per heavy atom. The first kappa shape index (κ1) is 17.2. The molecule has 8 heteroatoms. The summed E-state index contributed by atoms with van der Waals surface area (Å²) in [6, 6.07) is 2.52. The normalized spacial score (nSPS) is 20.8. The van der Waals surface area contributed by atoms with Crippen LogP contribution in [0.2, 0.25) is 0 Å². The number of pyridine rings is 1. The molecule has 1 saturated heterocycles. The second-order valence-corrected chi connectivity index (χ2v) is 5.45. The molecule has 2 heterocycles. The third-order valence-electron chi connectivity index (χ3n) is 3.53. The SMILES string of the molecule is CN(C)C(=O)CO[C@@H]1CCOC[C@@H]1NC(=O)c1ncccc1O. The summed E-state index contributed by atoms with van der Waals surface area (Å²) in [5.74, 6) is -0.850. The topological polar surface area (TPSA) is 101 Å². The molecule has 1 aliphatic rings. The first-order valence-electron chi connectivity index (χ1n) is 7.33. The number of nitrogens with zero attached hydrogens (tertiary/aromatic N) is 2. The highest BCUT2D eigenvalue weighted by molar-refractivity contribution is 5.94. The molecule has 23 heavy (non-hydrogen) atoms. The van der Waals surface area contributed by atoms with E-state index in [0.717, 1.165) is 0 Å². The van der Waals surface area contributed by atoms with Crippen LogP contribution in [0.5, 0.6) is 5.75 Å². The predicted molar refractivity (Wildman–Crippen MR) is 81.0 cm³/mol. The zero-order valence-corrected chi connectivity index (χ0v) is 13.2. The second kappa shape index (κ2) is 7.89. The van der Waals surface area contributed by atoms with Crippen molar-refractivity contribution in [2.45, 2.75) is 18.6 Å². The molecule has 0 radical (unpaired) electrons. The van der Waals surface area contributed by atoms with Gasteiger partial charge in [-0.1, -0.05) is 0 Å². The molecule has 1 fully saturated rings. The Morgan fingerprint density at radius 1 is 1.52 bits per heavy atom. The molecule has 8 nitrogen and oxygen atoms in total. The van der Waals surface area contributed by atoms with Crippen LogP contribution >= 0.6 is 0 Å². The number of hydrogen-bond donors (Lipinski definition) is 2. The molecule has 2 rings (SSSR count). The van der Waals surface area contributed by atoms with Gasteiger partial charge < -0.3 is 24.8 Å². The number of carbonyl (C=O) groups excluding carboxylic acids is 2. The molecule has 1 aliphatic heterocycles. The van der Waals surface area contributed by atoms with E-state index < -0.39 is 11.9 Å². The van der Waals surface area contributed by atoms with Crippen LogP contribution < -0.4 is 5.32 Å². The summed E-state index contributed by atoms with van der Waals surface area (Å²) in [6.45, 7) is 0.723. The Morgan fingerprint density at radius 3 is 3.00 bits per heavy atom. The average Bonchev–Trinajstić information content (AvgIpc) is 2.54. The fourth-order valence-corrected chi connectivity index (χ4v) is 2.17. The van der Waals surface area contributed by atoms with E-state index in [1.165, 1.54) is 23.2 Å². The number of likely N-dealkylation sites (N-methyl/N-ethyl adjacent to an activating group) is 1. The van der Waals surface area contributed by atoms with Gasteiger partial charge in [0.2, 0.25) is 5.91 Å². The standard InChI is InChI=1S/C15H21N3O5/c1-18(2)13(20)9-23-12-5-7-22-8-10(12)17-15(21)14-11(19)4-3-6-16-14/h3-4,6,10,12,19H,5,7-9H2,1-2H3,(H,17,21)/t10-,12+/m0/s1. The van der Waals surface area contributed by atoms with Crippen LogP contribution in [0.25, 0.3) is 0 Å². The minimum Gasteiger partial charge on any atom is -0.505 e. The van der Waals surface area contributed by atoms with Gasteiger partial charge in [0.15, 0.2) is 5.69 Å². The zero-order valence-electron chi connectivity index (χ0n) is 13.2. The highest BCUT2D eigenvalue weighted by atomic mass is 16.5. The molecule has 0 saturated carbocycles. The van der Waals surface area contributed by atoms with Gasteiger partial charge in [0.05, 0.1) is 18.8 Å². The summed E-state index contributed by atoms with van der Waals surface area (Å²) in [4.78, 5) is 29.1. The summed E-state index contributed by atoms with van der Waals surface area (Å²) >= 11 is 0. The van der Waals surface area contributed by atoms with Crippen LogP contribution in [0.15, 0.2) is 18.3 Å². The number of hydrogen-bond acceptors (Lipinski definition) is 6. The smallest absolute Gasteiger partial charge is 0.274 e. The minimum atomic E-state index is -0.508. The van der Waals surface area contributed by atoms with E-state index >= 15 is 0 Å². The van der Waals surface area contributed by atoms with Crippen LogP contribution in [0.1, 0.15) is 16.9 Å². The van der Waals surface area contributed by atoms with Crippen LogP contribution in [-0.4, -0.2) is 72.9 Å². The summed E-state index contributed by atoms with van der Waals surface area (Å²) in [7, 11) is 3.30. The number of aromatic nitrogens is 1. The quantitative estimate of drug-likeness (QED) is 0.777. The highest BCUT2D eigenvalue weighted by Crippen LogP contribution is 2.16. The maximum absolute atomic E-state index is 12.2. The van der Waals surface area contributed by atoms with Crippen LogP contribution in [0.4, 0.5) is 0 Å². The van der Waals surface area contributed by atoms with Gasteiger partial charge in [0.25, 0.3) is 5.91 Å². The van der Waals surface area contributed by atoms with E-state index in [1.807, 2.05) is 0 Å². The molecule has 1 aromatic rings. The van der Waals surface area contributed by atoms with E-state index in [9.17, 15) is 14.7 Å². The van der Waals surface area contributed by atoms with E-state index in [2.05, 4.69) is 10.3 Å². The lowest BCUT2D eigenvalue weighted by atomic mass is 10.1. The Kier molecular flexibility index (Phi) is 5.89. The molecular formula is C15H21N3O5. The van der Waals surface area contributed by atoms with Crippen LogP contribution in [0.3, 0.4) is 0 Å². The number of carbonyl (C=O) groups is 2. The maximum atomic E-state index is 12.2. The highest BCUT2D eigenvalue weighted by Gasteiger charge is 2.29. The molecule has 126 valence electrons. The van der Waals surface area contributed by atoms with Gasteiger partial charge in [-0.25, -0.2) is 4.98 Å². The van der Waals surface area contributed by atoms with Crippen LogP contribution in [-0.2, 0) is 14.3 Å². The lowest BCUT2D eigenvalue weighted by Gasteiger charge is -2.32. The lowest BCUT2D eigenvalue weighted by molar-refractivity contribution is -0.138. The van der Waals surface area contributed by atoms with Gasteiger partial charge in [0.1, 0.15) is 12.4 Å². The van der Waals surface area contributed by atoms with Crippen molar-refractivity contribution in [1.82, 2.24) is 15.2 Å². The third kappa shape index (κ3) is 4.64. The van der Waals surface area contributed by atoms with Crippen molar-refractivity contribution >= 4 is 11.8 Å². The Labute approximate surface area is 134 Å². The van der Waals surface area contributed by atoms with Gasteiger partial charge in [-0.15, -0.1) is 0 Å². The first-order valence-corrected chi connectivity index (χ1v) is 7.33. The molecule has 0 aliphatic carbocycles. The number of rotatable bonds is 5. The Bertz CT molecular complexity index is 564. The fourth-order valence-electron chi connectivity index (χ4n) is 2.17. The average molecular weight is 323 g/mol. The van der Waals surface area contributed by atoms with Crippen molar-refractivity contribution in [2.75, 3.05) is 33.9 Å². The monoisotopic (exact) mass is 323 g/mol. The molecule has 0 bridgehead atoms. The summed E-state index contributed by atoms with van der Waals surface area (Å²) in [5.41, 5.74) is -0.0545. The molecule has 2 N–H and O–H groups in total. The van der Waals surface area contributed by atoms with Crippen LogP contribution in [0, 0.1) is 0 Å². The van der Waals surface area contributed by atoms with E-state index in [-0.39, 0.29) is 36.7 Å². The van der Waals surface area contributed by atoms with Crippen molar-refractivity contribution in [3.8, 4) is 5.75 Å². The van der Waals surface area contributed by atoms with Gasteiger partial charge in [-0.2, -0.15) is 0 Å². The summed E-state index contributed by atoms with van der Waals surface area (Å²) in [6.07, 6.45) is 1.66. The largest absolute Gasteiger partial charge is 0.505 e. The second-order valence-electron chi connectivity index (χ2n) is 5.45. The predicted octanol–water partition coefficient (Wildman–Crippen LogP) is -0.221. The molecule has 2 amide bonds. The fraction of sp³-hybridized carbons (Fsp3) is 0.533. The van der Waals surface area contributed by atoms with E-state index in [4.69, 9.17) is 9.47 Å². The van der Waals surface area contributed by atoms with Crippen molar-refractivity contribution in [1.29, 1.82) is 0 Å². The van der Waals surface area contributed by atoms with Crippen molar-refractivity contribution < 1.29 is 24.2 Å². The van der Waals surface area contributed by atoms with Crippen molar-refractivity contribution in [3.63, 3.8) is 0 Å². The number of ether oxygens (including phenoxy) is 2. The molecule has 0 aromatic carbocycles. The molecule has 0 spiro atoms. The van der Waals surface area contributed by atoms with Gasteiger partial charge in [0, 0.05) is 26.9 Å². The minimum absolute atomic E-state index is 0.0545. The van der Waals surface area contributed by atoms with E-state index in [0.29, 0.717) is 13.0 Å². The molecule has 0 unspecified atom stereocenters. The molecular weight excluding hydrogens is 302 g/mol. The number of aromatic hydroxyl groups is 1. The first-order chi connectivity index (χ1) is 11.0. The van der Waals surface area contributed by atoms with Gasteiger partial charge in [-0.3, -0.25) is 9.59 Å². The lowest BCUT2D eigenvalue weighted by Crippen LogP contribution is -2.51. The summed E-state index contributed by atoms with van der Waals surface area (Å²) in [5, 5.41) is 12.4. The maximum Gasteiger partial charge on any atom is 0.274 e. The molecule has 1 aromatic heterocycles. The number of amides is 2. The van der Waals surface area contributed by atoms with Crippen molar-refractivity contribution in [2.24, 2.45) is 0 Å². The molecule has 2 atom stereocenters. The Hall–Kier alpha value is -2.19. The van der Waals surface area contributed by atoms with Gasteiger partial charge >= 0.3 is 0 Å². The van der Waals surface area contributed by atoms with Gasteiger partial charge in [-0.05, 0) is 18.6 Å². The van der Waals surface area contributed by atoms with Crippen molar-refractivity contribution in [3.05, 3.63) is 24.0 Å². The number of nitrogens with one attached hydrogen (secondary N) is 1. The zero-order chi connectivity index (χ0) is 16.8. The third-order valence-corrected chi connectivity index (χ3v) is 3.53.